The van der Waals surface area contributed by atoms with Crippen LogP contribution in [0.3, 0.4) is 0 Å². The Balaban J connectivity index is 2.37. The fraction of sp³-hybridized carbons (Fsp3) is 0. The van der Waals surface area contributed by atoms with Crippen molar-refractivity contribution >= 4 is 62.5 Å². The molecule has 0 fully saturated rings. The van der Waals surface area contributed by atoms with E-state index in [2.05, 4.69) is 20.9 Å². The molecule has 1 aromatic heterocycles. The van der Waals surface area contributed by atoms with Crippen molar-refractivity contribution in [2.45, 2.75) is 9.92 Å². The van der Waals surface area contributed by atoms with E-state index >= 15 is 0 Å². The molecular formula is C11H5BrCl3NS. The second-order valence-electron chi connectivity index (χ2n) is 3.08. The maximum atomic E-state index is 6.06. The average molecular weight is 369 g/mol. The van der Waals surface area contributed by atoms with Gasteiger partial charge in [-0.1, -0.05) is 58.7 Å². The molecule has 6 heteroatoms. The number of halogens is 4. The van der Waals surface area contributed by atoms with Gasteiger partial charge in [0.1, 0.15) is 10.2 Å². The van der Waals surface area contributed by atoms with Gasteiger partial charge < -0.3 is 0 Å². The van der Waals surface area contributed by atoms with Crippen LogP contribution in [0.2, 0.25) is 15.2 Å². The van der Waals surface area contributed by atoms with E-state index in [4.69, 9.17) is 34.8 Å². The Morgan fingerprint density at radius 3 is 2.47 bits per heavy atom. The van der Waals surface area contributed by atoms with Gasteiger partial charge in [0.05, 0.1) is 10.0 Å². The zero-order valence-electron chi connectivity index (χ0n) is 8.25. The molecule has 0 saturated heterocycles. The lowest BCUT2D eigenvalue weighted by molar-refractivity contribution is 1.13. The van der Waals surface area contributed by atoms with Crippen LogP contribution in [0, 0.1) is 0 Å². The van der Waals surface area contributed by atoms with Crippen molar-refractivity contribution in [2.24, 2.45) is 0 Å². The van der Waals surface area contributed by atoms with Crippen molar-refractivity contribution in [1.82, 2.24) is 4.98 Å². The molecule has 0 saturated carbocycles. The fourth-order valence-electron chi connectivity index (χ4n) is 1.13. The monoisotopic (exact) mass is 367 g/mol. The van der Waals surface area contributed by atoms with Gasteiger partial charge in [0.25, 0.3) is 0 Å². The molecule has 2 rings (SSSR count). The van der Waals surface area contributed by atoms with E-state index in [1.165, 1.54) is 11.8 Å². The Kier molecular flexibility index (Phi) is 4.61. The molecule has 17 heavy (non-hydrogen) atoms. The summed E-state index contributed by atoms with van der Waals surface area (Å²) >= 11 is 22.6. The lowest BCUT2D eigenvalue weighted by Crippen LogP contribution is -1.85. The SMILES string of the molecule is Clc1cc(Cl)c(Sc2ccccc2Br)nc1Cl. The van der Waals surface area contributed by atoms with Gasteiger partial charge in [-0.15, -0.1) is 0 Å². The maximum Gasteiger partial charge on any atom is 0.149 e. The number of hydrogen-bond acceptors (Lipinski definition) is 2. The number of hydrogen-bond donors (Lipinski definition) is 0. The molecule has 1 heterocycles. The Labute approximate surface area is 127 Å². The lowest BCUT2D eigenvalue weighted by Gasteiger charge is -2.06. The molecule has 0 aliphatic carbocycles. The molecule has 88 valence electrons. The standard InChI is InChI=1S/C11H5BrCl3NS/c12-6-3-1-2-4-9(6)17-11-8(14)5-7(13)10(15)16-11/h1-5H. The van der Waals surface area contributed by atoms with Gasteiger partial charge in [-0.05, 0) is 34.1 Å². The minimum absolute atomic E-state index is 0.255. The predicted octanol–water partition coefficient (Wildman–Crippen LogP) is 5.96. The van der Waals surface area contributed by atoms with E-state index in [0.717, 1.165) is 9.37 Å². The van der Waals surface area contributed by atoms with Crippen LogP contribution < -0.4 is 0 Å². The van der Waals surface area contributed by atoms with E-state index in [1.54, 1.807) is 6.07 Å². The molecule has 2 aromatic rings. The third-order valence-corrected chi connectivity index (χ3v) is 5.01. The average Bonchev–Trinajstić information content (AvgIpc) is 2.29. The molecule has 0 atom stereocenters. The van der Waals surface area contributed by atoms with Crippen molar-refractivity contribution in [2.75, 3.05) is 0 Å². The van der Waals surface area contributed by atoms with Crippen LogP contribution in [-0.2, 0) is 0 Å². The summed E-state index contributed by atoms with van der Waals surface area (Å²) in [6, 6.07) is 9.40. The highest BCUT2D eigenvalue weighted by molar-refractivity contribution is 9.10. The summed E-state index contributed by atoms with van der Waals surface area (Å²) in [6.45, 7) is 0. The molecule has 1 nitrogen and oxygen atoms in total. The predicted molar refractivity (Wildman–Crippen MR) is 77.5 cm³/mol. The zero-order chi connectivity index (χ0) is 12.4. The number of aromatic nitrogens is 1. The van der Waals surface area contributed by atoms with E-state index in [0.29, 0.717) is 15.1 Å². The molecule has 0 spiro atoms. The number of benzene rings is 1. The van der Waals surface area contributed by atoms with E-state index < -0.39 is 0 Å². The largest absolute Gasteiger partial charge is 0.226 e. The minimum Gasteiger partial charge on any atom is -0.226 e. The van der Waals surface area contributed by atoms with Crippen LogP contribution >= 0.6 is 62.5 Å². The van der Waals surface area contributed by atoms with Gasteiger partial charge >= 0.3 is 0 Å². The fourth-order valence-corrected chi connectivity index (χ4v) is 3.14. The summed E-state index contributed by atoms with van der Waals surface area (Å²) in [6.07, 6.45) is 0. The zero-order valence-corrected chi connectivity index (χ0v) is 12.9. The van der Waals surface area contributed by atoms with Crippen LogP contribution in [0.1, 0.15) is 0 Å². The molecule has 1 aromatic carbocycles. The Hall–Kier alpha value is 0.0700. The Bertz CT molecular complexity index is 562. The normalized spacial score (nSPS) is 10.6. The van der Waals surface area contributed by atoms with E-state index in [1.807, 2.05) is 24.3 Å². The van der Waals surface area contributed by atoms with Crippen molar-refractivity contribution < 1.29 is 0 Å². The van der Waals surface area contributed by atoms with Crippen molar-refractivity contribution in [1.29, 1.82) is 0 Å². The van der Waals surface area contributed by atoms with Crippen molar-refractivity contribution in [3.63, 3.8) is 0 Å². The van der Waals surface area contributed by atoms with E-state index in [9.17, 15) is 0 Å². The third kappa shape index (κ3) is 3.30. The molecule has 0 bridgehead atoms. The lowest BCUT2D eigenvalue weighted by atomic mass is 10.4. The van der Waals surface area contributed by atoms with Gasteiger partial charge in [-0.2, -0.15) is 0 Å². The summed E-state index contributed by atoms with van der Waals surface area (Å²) in [7, 11) is 0. The van der Waals surface area contributed by atoms with Gasteiger partial charge in [0.2, 0.25) is 0 Å². The molecule has 0 radical (unpaired) electrons. The first-order valence-electron chi connectivity index (χ1n) is 4.52. The van der Waals surface area contributed by atoms with Crippen molar-refractivity contribution in [3.05, 3.63) is 50.0 Å². The van der Waals surface area contributed by atoms with Crippen LogP contribution in [-0.4, -0.2) is 4.98 Å². The highest BCUT2D eigenvalue weighted by Gasteiger charge is 2.10. The summed E-state index contributed by atoms with van der Waals surface area (Å²) in [5.74, 6) is 0. The van der Waals surface area contributed by atoms with Gasteiger partial charge in [-0.3, -0.25) is 0 Å². The summed E-state index contributed by atoms with van der Waals surface area (Å²) < 4.78 is 0.980. The highest BCUT2D eigenvalue weighted by atomic mass is 79.9. The van der Waals surface area contributed by atoms with Gasteiger partial charge in [-0.25, -0.2) is 4.98 Å². The van der Waals surface area contributed by atoms with Gasteiger partial charge in [0, 0.05) is 9.37 Å². The summed E-state index contributed by atoms with van der Waals surface area (Å²) in [5.41, 5.74) is 0. The summed E-state index contributed by atoms with van der Waals surface area (Å²) in [5, 5.41) is 1.73. The first-order valence-corrected chi connectivity index (χ1v) is 7.26. The second-order valence-corrected chi connectivity index (χ2v) is 6.14. The molecule has 0 aliphatic rings. The molecule has 0 unspecified atom stereocenters. The number of rotatable bonds is 2. The second kappa shape index (κ2) is 5.81. The van der Waals surface area contributed by atoms with Crippen LogP contribution in [0.4, 0.5) is 0 Å². The highest BCUT2D eigenvalue weighted by Crippen LogP contribution is 2.38. The molecule has 0 amide bonds. The van der Waals surface area contributed by atoms with Crippen LogP contribution in [0.5, 0.6) is 0 Å². The smallest absolute Gasteiger partial charge is 0.149 e. The topological polar surface area (TPSA) is 12.9 Å². The number of pyridine rings is 1. The van der Waals surface area contributed by atoms with Crippen LogP contribution in [0.15, 0.2) is 44.7 Å². The van der Waals surface area contributed by atoms with Crippen LogP contribution in [0.25, 0.3) is 0 Å². The Morgan fingerprint density at radius 1 is 1.06 bits per heavy atom. The molecular weight excluding hydrogens is 364 g/mol. The Morgan fingerprint density at radius 2 is 1.76 bits per heavy atom. The van der Waals surface area contributed by atoms with Gasteiger partial charge in [0.15, 0.2) is 0 Å². The maximum absolute atomic E-state index is 6.06. The minimum atomic E-state index is 0.255. The first kappa shape index (κ1) is 13.5. The quantitative estimate of drug-likeness (QED) is 0.606. The summed E-state index contributed by atoms with van der Waals surface area (Å²) in [4.78, 5) is 5.17. The molecule has 0 aliphatic heterocycles. The number of nitrogens with zero attached hydrogens (tertiary/aromatic N) is 1. The molecule has 0 N–H and O–H groups in total. The van der Waals surface area contributed by atoms with Crippen molar-refractivity contribution in [3.8, 4) is 0 Å². The first-order chi connectivity index (χ1) is 8.08. The van der Waals surface area contributed by atoms with E-state index in [-0.39, 0.29) is 5.15 Å². The third-order valence-electron chi connectivity index (χ3n) is 1.90.